The first-order chi connectivity index (χ1) is 10.7. The van der Waals surface area contributed by atoms with E-state index < -0.39 is 0 Å². The van der Waals surface area contributed by atoms with Crippen LogP contribution in [-0.2, 0) is 17.6 Å². The van der Waals surface area contributed by atoms with Gasteiger partial charge in [0, 0.05) is 42.0 Å². The minimum atomic E-state index is -0.110. The van der Waals surface area contributed by atoms with Gasteiger partial charge in [-0.1, -0.05) is 12.6 Å². The van der Waals surface area contributed by atoms with E-state index in [0.717, 1.165) is 18.5 Å². The van der Waals surface area contributed by atoms with Gasteiger partial charge < -0.3 is 10.2 Å². The summed E-state index contributed by atoms with van der Waals surface area (Å²) in [4.78, 5) is 23.3. The highest BCUT2D eigenvalue weighted by Crippen LogP contribution is 2.17. The van der Waals surface area contributed by atoms with Crippen LogP contribution in [0.1, 0.15) is 10.4 Å². The average molecular weight is 312 g/mol. The highest BCUT2D eigenvalue weighted by atomic mass is 32.1. The molecule has 3 rings (SSSR count). The molecule has 6 heteroatoms. The molecule has 0 unspecified atom stereocenters. The third-order valence-corrected chi connectivity index (χ3v) is 4.33. The fourth-order valence-electron chi connectivity index (χ4n) is 2.26. The van der Waals surface area contributed by atoms with Crippen LogP contribution in [0.4, 0.5) is 0 Å². The third-order valence-electron chi connectivity index (χ3n) is 3.40. The van der Waals surface area contributed by atoms with Crippen molar-refractivity contribution in [2.45, 2.75) is 12.8 Å². The maximum absolute atomic E-state index is 12.1. The topological polar surface area (TPSA) is 58.1 Å². The molecule has 0 fully saturated rings. The highest BCUT2D eigenvalue weighted by Gasteiger charge is 2.21. The molecule has 22 heavy (non-hydrogen) atoms. The second-order valence-corrected chi connectivity index (χ2v) is 6.03. The summed E-state index contributed by atoms with van der Waals surface area (Å²) in [7, 11) is 0. The van der Waals surface area contributed by atoms with Crippen LogP contribution in [-0.4, -0.2) is 27.3 Å². The van der Waals surface area contributed by atoms with Crippen LogP contribution in [0, 0.1) is 0 Å². The van der Waals surface area contributed by atoms with Gasteiger partial charge in [-0.3, -0.25) is 4.79 Å². The van der Waals surface area contributed by atoms with Crippen LogP contribution in [0.15, 0.2) is 60.4 Å². The van der Waals surface area contributed by atoms with Crippen LogP contribution in [0.3, 0.4) is 0 Å². The first kappa shape index (κ1) is 14.5. The number of nitrogens with zero attached hydrogens (tertiary/aromatic N) is 3. The van der Waals surface area contributed by atoms with Crippen molar-refractivity contribution in [1.29, 1.82) is 0 Å². The first-order valence-corrected chi connectivity index (χ1v) is 7.84. The second kappa shape index (κ2) is 6.53. The smallest absolute Gasteiger partial charge is 0.254 e. The van der Waals surface area contributed by atoms with E-state index >= 15 is 0 Å². The molecular weight excluding hydrogens is 296 g/mol. The maximum atomic E-state index is 12.1. The Kier molecular flexibility index (Phi) is 4.29. The lowest BCUT2D eigenvalue weighted by molar-refractivity contribution is -0.117. The summed E-state index contributed by atoms with van der Waals surface area (Å²) in [5.41, 5.74) is 1.60. The van der Waals surface area contributed by atoms with Crippen molar-refractivity contribution < 1.29 is 4.79 Å². The molecule has 0 atom stereocenters. The third kappa shape index (κ3) is 3.40. The summed E-state index contributed by atoms with van der Waals surface area (Å²) in [6.45, 7) is 4.70. The number of carbonyl (C=O) groups is 1. The number of rotatable bonds is 5. The predicted molar refractivity (Wildman–Crippen MR) is 85.8 cm³/mol. The lowest BCUT2D eigenvalue weighted by Gasteiger charge is -2.28. The van der Waals surface area contributed by atoms with E-state index in [1.54, 1.807) is 23.7 Å². The molecule has 2 aromatic heterocycles. The Morgan fingerprint density at radius 2 is 2.14 bits per heavy atom. The second-order valence-electron chi connectivity index (χ2n) is 5.00. The number of carbonyl (C=O) groups excluding carboxylic acids is 1. The molecule has 2 aromatic rings. The number of amides is 1. The van der Waals surface area contributed by atoms with E-state index in [2.05, 4.69) is 33.3 Å². The van der Waals surface area contributed by atoms with Crippen molar-refractivity contribution in [3.8, 4) is 0 Å². The minimum Gasteiger partial charge on any atom is -0.334 e. The quantitative estimate of drug-likeness (QED) is 0.918. The molecule has 0 saturated heterocycles. The molecule has 0 aliphatic carbocycles. The number of hydrogen-bond acceptors (Lipinski definition) is 5. The molecule has 5 nitrogen and oxygen atoms in total. The fraction of sp³-hybridized carbons (Fsp3) is 0.188. The van der Waals surface area contributed by atoms with Crippen molar-refractivity contribution >= 4 is 17.2 Å². The van der Waals surface area contributed by atoms with Gasteiger partial charge in [0.25, 0.3) is 5.91 Å². The van der Waals surface area contributed by atoms with Crippen LogP contribution in [0.25, 0.3) is 0 Å². The summed E-state index contributed by atoms with van der Waals surface area (Å²) >= 11 is 1.74. The normalized spacial score (nSPS) is 14.7. The van der Waals surface area contributed by atoms with Crippen LogP contribution >= 0.6 is 11.3 Å². The number of aromatic nitrogens is 2. The van der Waals surface area contributed by atoms with Gasteiger partial charge in [-0.2, -0.15) is 0 Å². The molecular formula is C16H16N4OS. The van der Waals surface area contributed by atoms with Crippen molar-refractivity contribution in [2.24, 2.45) is 0 Å². The molecule has 0 saturated carbocycles. The number of thiophene rings is 1. The predicted octanol–water partition coefficient (Wildman–Crippen LogP) is 2.11. The molecule has 1 aliphatic heterocycles. The first-order valence-electron chi connectivity index (χ1n) is 6.96. The van der Waals surface area contributed by atoms with Gasteiger partial charge in [0.15, 0.2) is 0 Å². The summed E-state index contributed by atoms with van der Waals surface area (Å²) in [6, 6.07) is 4.16. The molecule has 0 radical (unpaired) electrons. The van der Waals surface area contributed by atoms with Crippen LogP contribution < -0.4 is 5.32 Å². The van der Waals surface area contributed by atoms with Gasteiger partial charge in [-0.05, 0) is 23.4 Å². The van der Waals surface area contributed by atoms with E-state index in [-0.39, 0.29) is 5.91 Å². The Morgan fingerprint density at radius 1 is 1.32 bits per heavy atom. The minimum absolute atomic E-state index is 0.110. The Bertz CT molecular complexity index is 694. The van der Waals surface area contributed by atoms with Gasteiger partial charge in [0.2, 0.25) is 0 Å². The lowest BCUT2D eigenvalue weighted by Crippen LogP contribution is -2.39. The summed E-state index contributed by atoms with van der Waals surface area (Å²) in [5.74, 6) is 0.510. The molecule has 3 heterocycles. The number of nitrogens with one attached hydrogen (secondary N) is 1. The molecule has 1 amide bonds. The van der Waals surface area contributed by atoms with Crippen molar-refractivity contribution in [3.63, 3.8) is 0 Å². The average Bonchev–Trinajstić information content (AvgIpc) is 3.03. The summed E-state index contributed by atoms with van der Waals surface area (Å²) in [5, 5.41) is 4.88. The fourth-order valence-corrected chi connectivity index (χ4v) is 2.96. The van der Waals surface area contributed by atoms with Gasteiger partial charge in [0.05, 0.1) is 0 Å². The highest BCUT2D eigenvalue weighted by molar-refractivity contribution is 7.09. The van der Waals surface area contributed by atoms with E-state index in [0.29, 0.717) is 17.8 Å². The molecule has 0 bridgehead atoms. The summed E-state index contributed by atoms with van der Waals surface area (Å²) < 4.78 is 0. The van der Waals surface area contributed by atoms with E-state index in [1.165, 1.54) is 11.2 Å². The van der Waals surface area contributed by atoms with Crippen LogP contribution in [0.2, 0.25) is 0 Å². The molecule has 0 aromatic carbocycles. The standard InChI is InChI=1S/C16H16N4OS/c1-12-19-16(21)14(7-13-8-17-11-18-9-13)10-20(12)5-4-15-3-2-6-22-15/h2-3,6,8-11H,1,4-5,7H2,(H,19,21). The van der Waals surface area contributed by atoms with Gasteiger partial charge >= 0.3 is 0 Å². The van der Waals surface area contributed by atoms with Crippen LogP contribution in [0.5, 0.6) is 0 Å². The van der Waals surface area contributed by atoms with Gasteiger partial charge in [-0.25, -0.2) is 9.97 Å². The van der Waals surface area contributed by atoms with Crippen molar-refractivity contribution in [1.82, 2.24) is 20.2 Å². The van der Waals surface area contributed by atoms with Crippen molar-refractivity contribution in [3.05, 3.63) is 70.8 Å². The largest absolute Gasteiger partial charge is 0.334 e. The van der Waals surface area contributed by atoms with Crippen molar-refractivity contribution in [2.75, 3.05) is 6.54 Å². The number of hydrogen-bond donors (Lipinski definition) is 1. The zero-order valence-electron chi connectivity index (χ0n) is 12.0. The van der Waals surface area contributed by atoms with E-state index in [4.69, 9.17) is 0 Å². The van der Waals surface area contributed by atoms with Gasteiger partial charge in [-0.15, -0.1) is 11.3 Å². The Balaban J connectivity index is 1.72. The van der Waals surface area contributed by atoms with E-state index in [9.17, 15) is 4.79 Å². The molecule has 0 spiro atoms. The molecule has 1 N–H and O–H groups in total. The lowest BCUT2D eigenvalue weighted by atomic mass is 10.1. The Labute approximate surface area is 133 Å². The summed E-state index contributed by atoms with van der Waals surface area (Å²) in [6.07, 6.45) is 8.23. The zero-order chi connectivity index (χ0) is 15.4. The monoisotopic (exact) mass is 312 g/mol. The molecule has 1 aliphatic rings. The van der Waals surface area contributed by atoms with E-state index in [1.807, 2.05) is 17.2 Å². The molecule has 112 valence electrons. The zero-order valence-corrected chi connectivity index (χ0v) is 12.8. The van der Waals surface area contributed by atoms with Gasteiger partial charge in [0.1, 0.15) is 12.1 Å². The Morgan fingerprint density at radius 3 is 2.86 bits per heavy atom. The Hall–Kier alpha value is -2.47. The maximum Gasteiger partial charge on any atom is 0.254 e. The SMILES string of the molecule is C=C1NC(=O)C(Cc2cncnc2)=CN1CCc1cccs1.